The third-order valence-corrected chi connectivity index (χ3v) is 6.18. The van der Waals surface area contributed by atoms with Crippen molar-refractivity contribution in [2.24, 2.45) is 7.05 Å². The molecule has 1 aliphatic heterocycles. The number of oxazole rings is 1. The van der Waals surface area contributed by atoms with Gasteiger partial charge in [0.1, 0.15) is 0 Å². The topological polar surface area (TPSA) is 89.6 Å². The summed E-state index contributed by atoms with van der Waals surface area (Å²) in [6.07, 6.45) is 0.124. The Morgan fingerprint density at radius 3 is 2.64 bits per heavy atom. The Morgan fingerprint density at radius 1 is 1.08 bits per heavy atom. The maximum Gasteiger partial charge on any atom is 0.419 e. The molecule has 3 aromatic rings. The van der Waals surface area contributed by atoms with Gasteiger partial charge in [-0.1, -0.05) is 12.1 Å². The van der Waals surface area contributed by atoms with Crippen LogP contribution in [0.5, 0.6) is 0 Å². The maximum atomic E-state index is 13.1. The average molecular weight is 358 g/mol. The number of carbonyl (C=O) groups is 1. The second-order valence-electron chi connectivity index (χ2n) is 5.82. The highest BCUT2D eigenvalue weighted by Crippen LogP contribution is 2.32. The van der Waals surface area contributed by atoms with Gasteiger partial charge >= 0.3 is 5.76 Å². The van der Waals surface area contributed by atoms with Crippen molar-refractivity contribution in [1.82, 2.24) is 4.57 Å². The highest BCUT2D eigenvalue weighted by molar-refractivity contribution is 7.92. The Kier molecular flexibility index (Phi) is 3.33. The van der Waals surface area contributed by atoms with Gasteiger partial charge in [0.05, 0.1) is 16.1 Å². The summed E-state index contributed by atoms with van der Waals surface area (Å²) < 4.78 is 33.8. The molecule has 7 nitrogen and oxygen atoms in total. The highest BCUT2D eigenvalue weighted by atomic mass is 32.2. The molecule has 8 heteroatoms. The molecule has 0 spiro atoms. The lowest BCUT2D eigenvalue weighted by Gasteiger charge is -2.29. The molecule has 0 saturated heterocycles. The quantitative estimate of drug-likeness (QED) is 0.698. The van der Waals surface area contributed by atoms with Gasteiger partial charge in [-0.3, -0.25) is 13.7 Å². The number of anilines is 1. The molecule has 0 radical (unpaired) electrons. The molecule has 0 aliphatic carbocycles. The Labute approximate surface area is 143 Å². The minimum Gasteiger partial charge on any atom is -0.408 e. The van der Waals surface area contributed by atoms with Crippen molar-refractivity contribution in [1.29, 1.82) is 0 Å². The van der Waals surface area contributed by atoms with Gasteiger partial charge in [0, 0.05) is 31.6 Å². The number of Topliss-reactive ketones (excluding diaryl/α,β-unsaturated/α-hetero) is 1. The van der Waals surface area contributed by atoms with Crippen LogP contribution in [0, 0.1) is 0 Å². The normalized spacial score (nSPS) is 14.8. The zero-order valence-corrected chi connectivity index (χ0v) is 14.1. The predicted molar refractivity (Wildman–Crippen MR) is 91.4 cm³/mol. The summed E-state index contributed by atoms with van der Waals surface area (Å²) in [6.45, 7) is 0.0783. The van der Waals surface area contributed by atoms with Crippen LogP contribution in [0.2, 0.25) is 0 Å². The van der Waals surface area contributed by atoms with Crippen LogP contribution in [-0.2, 0) is 17.1 Å². The fraction of sp³-hybridized carbons (Fsp3) is 0.176. The summed E-state index contributed by atoms with van der Waals surface area (Å²) in [5.41, 5.74) is 1.48. The van der Waals surface area contributed by atoms with E-state index in [0.29, 0.717) is 16.8 Å². The molecule has 2 aromatic carbocycles. The van der Waals surface area contributed by atoms with Crippen molar-refractivity contribution in [3.8, 4) is 0 Å². The van der Waals surface area contributed by atoms with Crippen LogP contribution < -0.4 is 10.1 Å². The largest absolute Gasteiger partial charge is 0.419 e. The van der Waals surface area contributed by atoms with E-state index in [9.17, 15) is 18.0 Å². The van der Waals surface area contributed by atoms with Crippen LogP contribution in [0.1, 0.15) is 16.8 Å². The van der Waals surface area contributed by atoms with Gasteiger partial charge in [0.15, 0.2) is 11.4 Å². The number of ketones is 1. The number of fused-ring (bicyclic) bond motifs is 2. The van der Waals surface area contributed by atoms with Crippen LogP contribution in [0.4, 0.5) is 5.69 Å². The van der Waals surface area contributed by atoms with E-state index in [1.54, 1.807) is 31.3 Å². The number of benzene rings is 2. The third kappa shape index (κ3) is 2.29. The second-order valence-corrected chi connectivity index (χ2v) is 7.69. The lowest BCUT2D eigenvalue weighted by Crippen LogP contribution is -2.37. The molecule has 25 heavy (non-hydrogen) atoms. The minimum absolute atomic E-state index is 0.0125. The number of carbonyl (C=O) groups excluding carboxylic acids is 1. The van der Waals surface area contributed by atoms with Crippen molar-refractivity contribution in [2.75, 3.05) is 10.8 Å². The SMILES string of the molecule is Cn1c(=O)oc2cc(S(=O)(=O)N3CCC(=O)c4ccccc43)ccc21. The summed E-state index contributed by atoms with van der Waals surface area (Å²) in [5.74, 6) is -0.634. The predicted octanol–water partition coefficient (Wildman–Crippen LogP) is 1.91. The molecule has 0 fully saturated rings. The first-order chi connectivity index (χ1) is 11.9. The van der Waals surface area contributed by atoms with Crippen LogP contribution in [0.15, 0.2) is 56.6 Å². The number of aromatic nitrogens is 1. The Morgan fingerprint density at radius 2 is 1.84 bits per heavy atom. The van der Waals surface area contributed by atoms with Crippen molar-refractivity contribution in [3.05, 3.63) is 58.6 Å². The van der Waals surface area contributed by atoms with Gasteiger partial charge in [0.2, 0.25) is 0 Å². The van der Waals surface area contributed by atoms with Crippen molar-refractivity contribution in [3.63, 3.8) is 0 Å². The van der Waals surface area contributed by atoms with Gasteiger partial charge in [-0.15, -0.1) is 0 Å². The van der Waals surface area contributed by atoms with E-state index in [4.69, 9.17) is 4.42 Å². The molecule has 0 unspecified atom stereocenters. The first-order valence-electron chi connectivity index (χ1n) is 7.64. The van der Waals surface area contributed by atoms with Crippen molar-refractivity contribution < 1.29 is 17.6 Å². The molecule has 128 valence electrons. The lowest BCUT2D eigenvalue weighted by molar-refractivity contribution is 0.0982. The molecule has 0 N–H and O–H groups in total. The Hall–Kier alpha value is -2.87. The van der Waals surface area contributed by atoms with E-state index in [-0.39, 0.29) is 29.2 Å². The van der Waals surface area contributed by atoms with E-state index in [0.717, 1.165) is 0 Å². The van der Waals surface area contributed by atoms with E-state index < -0.39 is 15.8 Å². The first kappa shape index (κ1) is 15.6. The summed E-state index contributed by atoms with van der Waals surface area (Å²) in [5, 5.41) is 0. The zero-order chi connectivity index (χ0) is 17.8. The Bertz CT molecular complexity index is 1170. The number of para-hydroxylation sites is 1. The first-order valence-corrected chi connectivity index (χ1v) is 9.08. The van der Waals surface area contributed by atoms with Gasteiger partial charge < -0.3 is 4.42 Å². The van der Waals surface area contributed by atoms with E-state index in [1.807, 2.05) is 0 Å². The summed E-state index contributed by atoms with van der Waals surface area (Å²) in [7, 11) is -2.33. The molecular weight excluding hydrogens is 344 g/mol. The van der Waals surface area contributed by atoms with E-state index >= 15 is 0 Å². The summed E-state index contributed by atoms with van der Waals surface area (Å²) >= 11 is 0. The molecule has 2 heterocycles. The van der Waals surface area contributed by atoms with Crippen LogP contribution in [0.25, 0.3) is 11.1 Å². The highest BCUT2D eigenvalue weighted by Gasteiger charge is 2.32. The molecule has 0 bridgehead atoms. The van der Waals surface area contributed by atoms with Gasteiger partial charge in [-0.2, -0.15) is 0 Å². The molecule has 4 rings (SSSR count). The van der Waals surface area contributed by atoms with Crippen LogP contribution in [0.3, 0.4) is 0 Å². The number of nitrogens with zero attached hydrogens (tertiary/aromatic N) is 2. The fourth-order valence-corrected chi connectivity index (χ4v) is 4.54. The minimum atomic E-state index is -3.88. The molecule has 0 atom stereocenters. The Balaban J connectivity index is 1.87. The standard InChI is InChI=1S/C17H14N2O5S/c1-18-14-7-6-11(10-16(14)24-17(18)21)25(22,23)19-9-8-15(20)12-4-2-3-5-13(12)19/h2-7,10H,8-9H2,1H3. The molecule has 1 aromatic heterocycles. The van der Waals surface area contributed by atoms with Crippen molar-refractivity contribution >= 4 is 32.6 Å². The second kappa shape index (κ2) is 5.32. The molecule has 1 aliphatic rings. The third-order valence-electron chi connectivity index (χ3n) is 4.37. The molecular formula is C17H14N2O5S. The van der Waals surface area contributed by atoms with Crippen LogP contribution >= 0.6 is 0 Å². The van der Waals surface area contributed by atoms with Gasteiger partial charge in [-0.05, 0) is 24.3 Å². The van der Waals surface area contributed by atoms with Crippen molar-refractivity contribution in [2.45, 2.75) is 11.3 Å². The number of rotatable bonds is 2. The van der Waals surface area contributed by atoms with E-state index in [1.165, 1.54) is 27.1 Å². The van der Waals surface area contributed by atoms with Gasteiger partial charge in [0.25, 0.3) is 10.0 Å². The average Bonchev–Trinajstić information content (AvgIpc) is 2.89. The van der Waals surface area contributed by atoms with Crippen LogP contribution in [-0.4, -0.2) is 25.3 Å². The maximum absolute atomic E-state index is 13.1. The number of sulfonamides is 1. The van der Waals surface area contributed by atoms with E-state index in [2.05, 4.69) is 0 Å². The molecule has 0 saturated carbocycles. The fourth-order valence-electron chi connectivity index (χ4n) is 3.04. The zero-order valence-electron chi connectivity index (χ0n) is 13.3. The molecule has 0 amide bonds. The summed E-state index contributed by atoms with van der Waals surface area (Å²) in [6, 6.07) is 11.0. The number of aryl methyl sites for hydroxylation is 1. The number of hydrogen-bond donors (Lipinski definition) is 0. The number of hydrogen-bond acceptors (Lipinski definition) is 5. The summed E-state index contributed by atoms with van der Waals surface area (Å²) in [4.78, 5) is 23.6. The smallest absolute Gasteiger partial charge is 0.408 e. The monoisotopic (exact) mass is 358 g/mol. The van der Waals surface area contributed by atoms with Gasteiger partial charge in [-0.25, -0.2) is 13.2 Å². The lowest BCUT2D eigenvalue weighted by atomic mass is 10.0.